The highest BCUT2D eigenvalue weighted by Gasteiger charge is 2.21. The molecule has 1 heterocycles. The fraction of sp³-hybridized carbons (Fsp3) is 0.333. The van der Waals surface area contributed by atoms with E-state index < -0.39 is 0 Å². The quantitative estimate of drug-likeness (QED) is 0.798. The summed E-state index contributed by atoms with van der Waals surface area (Å²) in [6.07, 6.45) is 0. The predicted molar refractivity (Wildman–Crippen MR) is 91.3 cm³/mol. The minimum absolute atomic E-state index is 0.00101. The summed E-state index contributed by atoms with van der Waals surface area (Å²) in [4.78, 5) is 27.2. The first-order valence-corrected chi connectivity index (χ1v) is 8.01. The van der Waals surface area contributed by atoms with Gasteiger partial charge in [0.25, 0.3) is 0 Å². The van der Waals surface area contributed by atoms with Gasteiger partial charge < -0.3 is 10.3 Å². The van der Waals surface area contributed by atoms with E-state index in [0.717, 1.165) is 16.8 Å². The average molecular weight is 334 g/mol. The Labute approximate surface area is 141 Å². The molecule has 0 fully saturated rings. The molecular formula is C18H22ClN2O2+. The summed E-state index contributed by atoms with van der Waals surface area (Å²) in [5.74, 6) is -0.0206. The lowest BCUT2D eigenvalue weighted by molar-refractivity contribution is -0.681. The molecule has 2 rings (SSSR count). The average Bonchev–Trinajstić information content (AvgIpc) is 2.80. The van der Waals surface area contributed by atoms with E-state index in [1.807, 2.05) is 50.4 Å². The molecule has 3 N–H and O–H groups in total. The molecule has 122 valence electrons. The largest absolute Gasteiger partial charge is 0.355 e. The summed E-state index contributed by atoms with van der Waals surface area (Å²) in [5.41, 5.74) is 3.77. The Hall–Kier alpha value is -1.91. The Bertz CT molecular complexity index is 732. The van der Waals surface area contributed by atoms with E-state index in [0.29, 0.717) is 22.8 Å². The van der Waals surface area contributed by atoms with Gasteiger partial charge in [-0.3, -0.25) is 9.59 Å². The fourth-order valence-corrected chi connectivity index (χ4v) is 2.97. The molecule has 0 amide bonds. The topological polar surface area (TPSA) is 66.5 Å². The highest BCUT2D eigenvalue weighted by atomic mass is 35.5. The number of rotatable bonds is 6. The molecule has 0 spiro atoms. The van der Waals surface area contributed by atoms with Crippen LogP contribution in [-0.2, 0) is 0 Å². The van der Waals surface area contributed by atoms with Crippen LogP contribution in [0.25, 0.3) is 0 Å². The molecule has 0 saturated heterocycles. The number of carbonyl (C=O) groups is 2. The molecule has 0 saturated carbocycles. The smallest absolute Gasteiger partial charge is 0.233 e. The number of hydrogen-bond acceptors (Lipinski definition) is 2. The van der Waals surface area contributed by atoms with Gasteiger partial charge in [0.05, 0.1) is 5.69 Å². The van der Waals surface area contributed by atoms with E-state index in [1.54, 1.807) is 0 Å². The summed E-state index contributed by atoms with van der Waals surface area (Å²) in [6.45, 7) is 7.52. The first-order chi connectivity index (χ1) is 10.8. The minimum Gasteiger partial charge on any atom is -0.355 e. The van der Waals surface area contributed by atoms with Gasteiger partial charge in [0, 0.05) is 21.8 Å². The standard InChI is InChI=1S/C18H21ClN2O2/c1-10-17(13(4)22)12(3)21-18(10)16(23)9-20-11(2)14-5-7-15(19)8-6-14/h5-8,11,20-21H,9H2,1-4H3/p+1/t11-/m0/s1. The fourth-order valence-electron chi connectivity index (χ4n) is 2.85. The third kappa shape index (κ3) is 3.89. The van der Waals surface area contributed by atoms with Crippen LogP contribution in [0.15, 0.2) is 24.3 Å². The van der Waals surface area contributed by atoms with Crippen molar-refractivity contribution in [1.29, 1.82) is 0 Å². The summed E-state index contributed by atoms with van der Waals surface area (Å²) in [5, 5.41) is 2.68. The van der Waals surface area contributed by atoms with Crippen molar-refractivity contribution in [3.8, 4) is 0 Å². The molecule has 5 heteroatoms. The van der Waals surface area contributed by atoms with Crippen molar-refractivity contribution in [3.63, 3.8) is 0 Å². The van der Waals surface area contributed by atoms with Crippen molar-refractivity contribution >= 4 is 23.2 Å². The van der Waals surface area contributed by atoms with E-state index in [-0.39, 0.29) is 17.6 Å². The number of aromatic nitrogens is 1. The molecule has 1 aromatic heterocycles. The van der Waals surface area contributed by atoms with E-state index in [2.05, 4.69) is 4.98 Å². The zero-order valence-electron chi connectivity index (χ0n) is 13.9. The number of quaternary nitrogens is 1. The van der Waals surface area contributed by atoms with Gasteiger partial charge in [-0.05, 0) is 45.4 Å². The molecule has 0 unspecified atom stereocenters. The SMILES string of the molecule is CC(=O)c1c(C)[nH]c(C(=O)C[NH2+][C@@H](C)c2ccc(Cl)cc2)c1C. The molecule has 0 radical (unpaired) electrons. The van der Waals surface area contributed by atoms with E-state index in [1.165, 1.54) is 6.92 Å². The third-order valence-electron chi connectivity index (χ3n) is 4.12. The van der Waals surface area contributed by atoms with Gasteiger partial charge >= 0.3 is 0 Å². The molecule has 2 aromatic rings. The summed E-state index contributed by atoms with van der Waals surface area (Å²) in [6, 6.07) is 7.78. The maximum atomic E-state index is 12.4. The molecule has 4 nitrogen and oxygen atoms in total. The van der Waals surface area contributed by atoms with Crippen LogP contribution in [0.2, 0.25) is 5.02 Å². The summed E-state index contributed by atoms with van der Waals surface area (Å²) >= 11 is 5.89. The molecule has 1 aromatic carbocycles. The minimum atomic E-state index is -0.0196. The Morgan fingerprint density at radius 3 is 2.35 bits per heavy atom. The zero-order chi connectivity index (χ0) is 17.1. The Morgan fingerprint density at radius 1 is 1.22 bits per heavy atom. The van der Waals surface area contributed by atoms with Gasteiger partial charge in [-0.1, -0.05) is 23.7 Å². The number of nitrogens with one attached hydrogen (secondary N) is 1. The lowest BCUT2D eigenvalue weighted by Crippen LogP contribution is -2.86. The van der Waals surface area contributed by atoms with E-state index >= 15 is 0 Å². The highest BCUT2D eigenvalue weighted by Crippen LogP contribution is 2.18. The van der Waals surface area contributed by atoms with Gasteiger partial charge in [0.1, 0.15) is 12.6 Å². The number of halogens is 1. The number of ketones is 2. The number of aromatic amines is 1. The predicted octanol–water partition coefficient (Wildman–Crippen LogP) is 2.99. The second-order valence-corrected chi connectivity index (χ2v) is 6.32. The first-order valence-electron chi connectivity index (χ1n) is 7.63. The van der Waals surface area contributed by atoms with Gasteiger partial charge in [-0.15, -0.1) is 0 Å². The molecule has 0 aliphatic carbocycles. The molecule has 1 atom stereocenters. The lowest BCUT2D eigenvalue weighted by Gasteiger charge is -2.10. The first kappa shape index (κ1) is 17.4. The Kier molecular flexibility index (Phi) is 5.39. The second kappa shape index (κ2) is 7.11. The van der Waals surface area contributed by atoms with Crippen molar-refractivity contribution in [1.82, 2.24) is 4.98 Å². The third-order valence-corrected chi connectivity index (χ3v) is 4.37. The number of H-pyrrole nitrogens is 1. The van der Waals surface area contributed by atoms with Crippen molar-refractivity contribution in [2.75, 3.05) is 6.54 Å². The van der Waals surface area contributed by atoms with Crippen LogP contribution < -0.4 is 5.32 Å². The van der Waals surface area contributed by atoms with Gasteiger partial charge in [-0.25, -0.2) is 0 Å². The normalized spacial score (nSPS) is 12.2. The summed E-state index contributed by atoms with van der Waals surface area (Å²) in [7, 11) is 0. The van der Waals surface area contributed by atoms with Crippen LogP contribution in [0.4, 0.5) is 0 Å². The van der Waals surface area contributed by atoms with Crippen LogP contribution in [-0.4, -0.2) is 23.1 Å². The monoisotopic (exact) mass is 333 g/mol. The number of Topliss-reactive ketones (excluding diaryl/α,β-unsaturated/α-hetero) is 2. The highest BCUT2D eigenvalue weighted by molar-refractivity contribution is 6.30. The van der Waals surface area contributed by atoms with Crippen LogP contribution in [0.1, 0.15) is 57.6 Å². The summed E-state index contributed by atoms with van der Waals surface area (Å²) < 4.78 is 0. The van der Waals surface area contributed by atoms with Gasteiger partial charge in [-0.2, -0.15) is 0 Å². The number of hydrogen-bond donors (Lipinski definition) is 2. The van der Waals surface area contributed by atoms with Crippen LogP contribution in [0, 0.1) is 13.8 Å². The van der Waals surface area contributed by atoms with Gasteiger partial charge in [0.2, 0.25) is 5.78 Å². The molecule has 0 bridgehead atoms. The zero-order valence-corrected chi connectivity index (χ0v) is 14.6. The molecule has 0 aliphatic rings. The number of aryl methyl sites for hydroxylation is 1. The lowest BCUT2D eigenvalue weighted by atomic mass is 10.0. The van der Waals surface area contributed by atoms with Crippen molar-refractivity contribution in [2.45, 2.75) is 33.7 Å². The maximum absolute atomic E-state index is 12.4. The van der Waals surface area contributed by atoms with Gasteiger partial charge in [0.15, 0.2) is 5.78 Å². The van der Waals surface area contributed by atoms with Crippen LogP contribution >= 0.6 is 11.6 Å². The Balaban J connectivity index is 2.07. The van der Waals surface area contributed by atoms with Crippen molar-refractivity contribution in [2.24, 2.45) is 0 Å². The van der Waals surface area contributed by atoms with Crippen molar-refractivity contribution in [3.05, 3.63) is 57.4 Å². The van der Waals surface area contributed by atoms with E-state index in [4.69, 9.17) is 11.6 Å². The maximum Gasteiger partial charge on any atom is 0.233 e. The number of benzene rings is 1. The van der Waals surface area contributed by atoms with Crippen molar-refractivity contribution < 1.29 is 14.9 Å². The molecule has 0 aliphatic heterocycles. The van der Waals surface area contributed by atoms with Crippen LogP contribution in [0.3, 0.4) is 0 Å². The second-order valence-electron chi connectivity index (χ2n) is 5.88. The number of carbonyl (C=O) groups excluding carboxylic acids is 2. The van der Waals surface area contributed by atoms with Crippen LogP contribution in [0.5, 0.6) is 0 Å². The molecule has 23 heavy (non-hydrogen) atoms. The Morgan fingerprint density at radius 2 is 1.83 bits per heavy atom. The number of nitrogens with two attached hydrogens (primary N) is 1. The molecular weight excluding hydrogens is 312 g/mol. The van der Waals surface area contributed by atoms with E-state index in [9.17, 15) is 9.59 Å².